The summed E-state index contributed by atoms with van der Waals surface area (Å²) in [5.41, 5.74) is 0.0437. The van der Waals surface area contributed by atoms with Gasteiger partial charge in [-0.05, 0) is 31.5 Å². The molecule has 2 rings (SSSR count). The van der Waals surface area contributed by atoms with Crippen LogP contribution in [0.2, 0.25) is 0 Å². The zero-order chi connectivity index (χ0) is 15.4. The Bertz CT molecular complexity index is 510. The molecular weight excluding hydrogens is 280 g/mol. The fourth-order valence-electron chi connectivity index (χ4n) is 2.53. The summed E-state index contributed by atoms with van der Waals surface area (Å²) in [7, 11) is 1.56. The average molecular weight is 299 g/mol. The number of hydrogen-bond donors (Lipinski definition) is 1. The van der Waals surface area contributed by atoms with E-state index in [0.29, 0.717) is 13.0 Å². The number of amides is 1. The highest BCUT2D eigenvalue weighted by Crippen LogP contribution is 2.27. The van der Waals surface area contributed by atoms with Crippen molar-refractivity contribution in [2.75, 3.05) is 13.7 Å². The molecule has 3 unspecified atom stereocenters. The van der Waals surface area contributed by atoms with Crippen LogP contribution >= 0.6 is 0 Å². The smallest absolute Gasteiger partial charge is 0.224 e. The lowest BCUT2D eigenvalue weighted by atomic mass is 9.85. The summed E-state index contributed by atoms with van der Waals surface area (Å²) in [5, 5.41) is 2.77. The molecule has 0 aliphatic heterocycles. The van der Waals surface area contributed by atoms with Gasteiger partial charge in [0.25, 0.3) is 0 Å². The molecule has 6 heteroatoms. The van der Waals surface area contributed by atoms with Crippen molar-refractivity contribution < 1.29 is 23.0 Å². The Balaban J connectivity index is 1.89. The molecule has 116 valence electrons. The van der Waals surface area contributed by atoms with Gasteiger partial charge in [0.1, 0.15) is 17.7 Å². The molecule has 0 aromatic heterocycles. The summed E-state index contributed by atoms with van der Waals surface area (Å²) in [4.78, 5) is 11.9. The molecule has 1 amide bonds. The number of carbonyl (C=O) groups excluding carboxylic acids is 1. The highest BCUT2D eigenvalue weighted by atomic mass is 19.1. The molecule has 0 saturated heterocycles. The van der Waals surface area contributed by atoms with Crippen molar-refractivity contribution in [3.05, 3.63) is 35.4 Å². The first-order chi connectivity index (χ1) is 10.0. The Morgan fingerprint density at radius 1 is 1.43 bits per heavy atom. The quantitative estimate of drug-likeness (QED) is 0.871. The molecule has 0 heterocycles. The van der Waals surface area contributed by atoms with Gasteiger partial charge in [0, 0.05) is 19.3 Å². The van der Waals surface area contributed by atoms with Gasteiger partial charge >= 0.3 is 0 Å². The highest BCUT2D eigenvalue weighted by Gasteiger charge is 2.42. The number of nitrogens with one attached hydrogen (secondary N) is 1. The Kier molecular flexibility index (Phi) is 5.25. The third kappa shape index (κ3) is 3.77. The number of carbonyl (C=O) groups is 1. The third-order valence-corrected chi connectivity index (χ3v) is 3.61. The monoisotopic (exact) mass is 299 g/mol. The third-order valence-electron chi connectivity index (χ3n) is 3.61. The van der Waals surface area contributed by atoms with Crippen LogP contribution in [0.1, 0.15) is 18.9 Å². The molecule has 0 bridgehead atoms. The van der Waals surface area contributed by atoms with Crippen molar-refractivity contribution in [2.45, 2.75) is 38.0 Å². The summed E-state index contributed by atoms with van der Waals surface area (Å²) in [6.07, 6.45) is 0.224. The zero-order valence-corrected chi connectivity index (χ0v) is 12.1. The summed E-state index contributed by atoms with van der Waals surface area (Å²) in [5.74, 6) is -1.51. The minimum atomic E-state index is -0.587. The summed E-state index contributed by atoms with van der Waals surface area (Å²) < 4.78 is 37.3. The average Bonchev–Trinajstić information content (AvgIpc) is 2.42. The van der Waals surface area contributed by atoms with Crippen LogP contribution in [0.15, 0.2) is 18.2 Å². The van der Waals surface area contributed by atoms with Gasteiger partial charge in [-0.25, -0.2) is 8.78 Å². The highest BCUT2D eigenvalue weighted by molar-refractivity contribution is 5.79. The van der Waals surface area contributed by atoms with Gasteiger partial charge in [-0.1, -0.05) is 0 Å². The number of rotatable bonds is 6. The topological polar surface area (TPSA) is 47.6 Å². The van der Waals surface area contributed by atoms with Crippen LogP contribution in [-0.2, 0) is 20.7 Å². The van der Waals surface area contributed by atoms with Crippen molar-refractivity contribution in [2.24, 2.45) is 0 Å². The summed E-state index contributed by atoms with van der Waals surface area (Å²) in [6.45, 7) is 2.48. The molecule has 1 aromatic rings. The first-order valence-electron chi connectivity index (χ1n) is 6.92. The van der Waals surface area contributed by atoms with Gasteiger partial charge in [0.2, 0.25) is 5.91 Å². The van der Waals surface area contributed by atoms with Gasteiger partial charge in [-0.3, -0.25) is 4.79 Å². The van der Waals surface area contributed by atoms with Gasteiger partial charge < -0.3 is 14.8 Å². The van der Waals surface area contributed by atoms with E-state index in [1.54, 1.807) is 7.11 Å². The molecule has 1 aliphatic rings. The second-order valence-electron chi connectivity index (χ2n) is 5.02. The van der Waals surface area contributed by atoms with Crippen LogP contribution in [0, 0.1) is 11.6 Å². The Labute approximate surface area is 122 Å². The number of hydrogen-bond acceptors (Lipinski definition) is 3. The first kappa shape index (κ1) is 15.9. The van der Waals surface area contributed by atoms with Crippen molar-refractivity contribution in [3.8, 4) is 0 Å². The lowest BCUT2D eigenvalue weighted by Gasteiger charge is -2.43. The molecular formula is C15H19F2NO3. The van der Waals surface area contributed by atoms with Crippen molar-refractivity contribution >= 4 is 5.91 Å². The molecule has 4 nitrogen and oxygen atoms in total. The minimum absolute atomic E-state index is 0.0313. The van der Waals surface area contributed by atoms with Crippen LogP contribution in [-0.4, -0.2) is 37.9 Å². The Morgan fingerprint density at radius 2 is 2.19 bits per heavy atom. The second-order valence-corrected chi connectivity index (χ2v) is 5.02. The molecule has 0 radical (unpaired) electrons. The predicted octanol–water partition coefficient (Wildman–Crippen LogP) is 1.82. The maximum absolute atomic E-state index is 13.5. The van der Waals surface area contributed by atoms with Crippen LogP contribution in [0.25, 0.3) is 0 Å². The van der Waals surface area contributed by atoms with Crippen LogP contribution < -0.4 is 5.32 Å². The lowest BCUT2D eigenvalue weighted by Crippen LogP contribution is -2.61. The zero-order valence-electron chi connectivity index (χ0n) is 12.1. The Hall–Kier alpha value is -1.53. The van der Waals surface area contributed by atoms with E-state index in [4.69, 9.17) is 9.47 Å². The van der Waals surface area contributed by atoms with E-state index in [0.717, 1.165) is 18.2 Å². The molecule has 1 N–H and O–H groups in total. The van der Waals surface area contributed by atoms with Gasteiger partial charge in [0.15, 0.2) is 0 Å². The summed E-state index contributed by atoms with van der Waals surface area (Å²) >= 11 is 0. The van der Waals surface area contributed by atoms with Crippen LogP contribution in [0.4, 0.5) is 8.78 Å². The molecule has 1 aliphatic carbocycles. The molecule has 3 atom stereocenters. The number of halogens is 2. The lowest BCUT2D eigenvalue weighted by molar-refractivity contribution is -0.142. The molecule has 1 saturated carbocycles. The van der Waals surface area contributed by atoms with Crippen molar-refractivity contribution in [3.63, 3.8) is 0 Å². The van der Waals surface area contributed by atoms with Gasteiger partial charge in [0.05, 0.1) is 18.6 Å². The summed E-state index contributed by atoms with van der Waals surface area (Å²) in [6, 6.07) is 2.92. The molecule has 21 heavy (non-hydrogen) atoms. The first-order valence-corrected chi connectivity index (χ1v) is 6.92. The number of ether oxygens (including phenoxy) is 2. The second kappa shape index (κ2) is 6.95. The van der Waals surface area contributed by atoms with E-state index >= 15 is 0 Å². The molecule has 1 fully saturated rings. The van der Waals surface area contributed by atoms with E-state index in [1.165, 1.54) is 0 Å². The van der Waals surface area contributed by atoms with Crippen molar-refractivity contribution in [1.82, 2.24) is 5.32 Å². The maximum atomic E-state index is 13.5. The van der Waals surface area contributed by atoms with Crippen LogP contribution in [0.5, 0.6) is 0 Å². The normalized spacial score (nSPS) is 24.5. The maximum Gasteiger partial charge on any atom is 0.224 e. The van der Waals surface area contributed by atoms with Gasteiger partial charge in [-0.2, -0.15) is 0 Å². The Morgan fingerprint density at radius 3 is 2.86 bits per heavy atom. The molecule has 0 spiro atoms. The van der Waals surface area contributed by atoms with Crippen LogP contribution in [0.3, 0.4) is 0 Å². The molecule has 1 aromatic carbocycles. The van der Waals surface area contributed by atoms with E-state index in [-0.39, 0.29) is 36.1 Å². The fourth-order valence-corrected chi connectivity index (χ4v) is 2.53. The fraction of sp³-hybridized carbons (Fsp3) is 0.533. The number of methoxy groups -OCH3 is 1. The van der Waals surface area contributed by atoms with E-state index in [9.17, 15) is 13.6 Å². The van der Waals surface area contributed by atoms with Gasteiger partial charge in [-0.15, -0.1) is 0 Å². The number of benzene rings is 1. The predicted molar refractivity (Wildman–Crippen MR) is 72.8 cm³/mol. The van der Waals surface area contributed by atoms with E-state index in [1.807, 2.05) is 6.92 Å². The SMILES string of the molecule is CCOC1CC(NC(=O)Cc2cc(F)ccc2F)C1OC. The minimum Gasteiger partial charge on any atom is -0.377 e. The largest absolute Gasteiger partial charge is 0.377 e. The van der Waals surface area contributed by atoms with E-state index in [2.05, 4.69) is 5.32 Å². The van der Waals surface area contributed by atoms with Crippen molar-refractivity contribution in [1.29, 1.82) is 0 Å². The van der Waals surface area contributed by atoms with E-state index < -0.39 is 11.6 Å². The standard InChI is InChI=1S/C15H19F2NO3/c1-3-21-13-8-12(15(13)20-2)18-14(19)7-9-6-10(16)4-5-11(9)17/h4-6,12-13,15H,3,7-8H2,1-2H3,(H,18,19).